The molecule has 0 atom stereocenters. The van der Waals surface area contributed by atoms with Gasteiger partial charge in [-0.3, -0.25) is 0 Å². The van der Waals surface area contributed by atoms with Crippen molar-refractivity contribution in [1.29, 1.82) is 0 Å². The highest BCUT2D eigenvalue weighted by Crippen LogP contribution is 2.28. The van der Waals surface area contributed by atoms with E-state index in [0.717, 1.165) is 12.3 Å². The summed E-state index contributed by atoms with van der Waals surface area (Å²) < 4.78 is 5.58. The molecule has 0 saturated heterocycles. The average Bonchev–Trinajstić information content (AvgIpc) is 2.81. The summed E-state index contributed by atoms with van der Waals surface area (Å²) in [6.07, 6.45) is 8.15. The van der Waals surface area contributed by atoms with Crippen LogP contribution in [0.3, 0.4) is 0 Å². The third kappa shape index (κ3) is 3.93. The van der Waals surface area contributed by atoms with E-state index in [0.29, 0.717) is 6.04 Å². The van der Waals surface area contributed by atoms with E-state index >= 15 is 0 Å². The molecule has 0 aromatic heterocycles. The summed E-state index contributed by atoms with van der Waals surface area (Å²) in [5.41, 5.74) is 1.29. The highest BCUT2D eigenvalue weighted by Gasteiger charge is 2.14. The van der Waals surface area contributed by atoms with Crippen molar-refractivity contribution in [2.45, 2.75) is 51.1 Å². The van der Waals surface area contributed by atoms with Gasteiger partial charge in [-0.25, -0.2) is 0 Å². The van der Waals surface area contributed by atoms with Gasteiger partial charge in [-0.1, -0.05) is 56.0 Å². The van der Waals surface area contributed by atoms with Crippen molar-refractivity contribution in [3.63, 3.8) is 0 Å². The quantitative estimate of drug-likeness (QED) is 0.866. The standard InChI is InChI=1S/C19H25NO.ClH/c1-21-19-13-12-15-8-6-7-11-17(15)18(19)14-20-16-9-4-2-3-5-10-16;/h6-8,11-13,16,20H,2-5,9-10,14H2,1H3;1H/p-1. The Morgan fingerprint density at radius 1 is 1.00 bits per heavy atom. The van der Waals surface area contributed by atoms with Gasteiger partial charge in [0.1, 0.15) is 5.75 Å². The molecule has 3 rings (SSSR count). The Kier molecular flexibility index (Phi) is 6.53. The molecule has 0 radical (unpaired) electrons. The van der Waals surface area contributed by atoms with Gasteiger partial charge in [0.2, 0.25) is 0 Å². The first-order valence-electron chi connectivity index (χ1n) is 8.16. The number of ether oxygens (including phenoxy) is 1. The smallest absolute Gasteiger partial charge is 0.123 e. The molecule has 120 valence electrons. The van der Waals surface area contributed by atoms with E-state index in [4.69, 9.17) is 4.74 Å². The second-order valence-corrected chi connectivity index (χ2v) is 6.04. The van der Waals surface area contributed by atoms with Crippen molar-refractivity contribution >= 4 is 10.8 Å². The van der Waals surface area contributed by atoms with Crippen molar-refractivity contribution < 1.29 is 17.1 Å². The lowest BCUT2D eigenvalue weighted by Crippen LogP contribution is -3.00. The summed E-state index contributed by atoms with van der Waals surface area (Å²) in [6.45, 7) is 0.898. The predicted octanol–water partition coefficient (Wildman–Crippen LogP) is 1.66. The van der Waals surface area contributed by atoms with Crippen LogP contribution in [0.15, 0.2) is 36.4 Å². The monoisotopic (exact) mass is 318 g/mol. The number of hydrogen-bond acceptors (Lipinski definition) is 2. The van der Waals surface area contributed by atoms with Gasteiger partial charge in [-0.05, 0) is 29.7 Å². The van der Waals surface area contributed by atoms with E-state index in [-0.39, 0.29) is 12.4 Å². The fourth-order valence-corrected chi connectivity index (χ4v) is 3.42. The normalized spacial score (nSPS) is 16.0. The number of benzene rings is 2. The van der Waals surface area contributed by atoms with Gasteiger partial charge in [-0.15, -0.1) is 0 Å². The molecular formula is C19H25ClNO-. The molecule has 2 nitrogen and oxygen atoms in total. The number of rotatable bonds is 4. The molecule has 2 aromatic rings. The van der Waals surface area contributed by atoms with Crippen molar-refractivity contribution in [2.75, 3.05) is 7.11 Å². The molecule has 22 heavy (non-hydrogen) atoms. The van der Waals surface area contributed by atoms with Gasteiger partial charge in [0, 0.05) is 18.2 Å². The van der Waals surface area contributed by atoms with Crippen molar-refractivity contribution in [1.82, 2.24) is 5.32 Å². The lowest BCUT2D eigenvalue weighted by molar-refractivity contribution is -0.00000463. The molecule has 0 bridgehead atoms. The second kappa shape index (κ2) is 8.40. The molecular weight excluding hydrogens is 294 g/mol. The molecule has 1 saturated carbocycles. The van der Waals surface area contributed by atoms with Gasteiger partial charge in [0.25, 0.3) is 0 Å². The average molecular weight is 319 g/mol. The maximum absolute atomic E-state index is 5.58. The van der Waals surface area contributed by atoms with Crippen LogP contribution in [0.2, 0.25) is 0 Å². The first-order valence-corrected chi connectivity index (χ1v) is 8.16. The zero-order valence-electron chi connectivity index (χ0n) is 13.3. The van der Waals surface area contributed by atoms with Crippen molar-refractivity contribution in [2.24, 2.45) is 0 Å². The molecule has 0 amide bonds. The minimum Gasteiger partial charge on any atom is -1.00 e. The number of nitrogens with one attached hydrogen (secondary N) is 1. The Balaban J connectivity index is 0.00000176. The van der Waals surface area contributed by atoms with Gasteiger partial charge >= 0.3 is 0 Å². The topological polar surface area (TPSA) is 21.3 Å². The third-order valence-electron chi connectivity index (χ3n) is 4.64. The van der Waals surface area contributed by atoms with Gasteiger partial charge in [-0.2, -0.15) is 0 Å². The first-order chi connectivity index (χ1) is 10.4. The molecule has 0 unspecified atom stereocenters. The zero-order valence-corrected chi connectivity index (χ0v) is 14.0. The molecule has 1 aliphatic rings. The molecule has 2 aromatic carbocycles. The lowest BCUT2D eigenvalue weighted by Gasteiger charge is -2.18. The molecule has 0 heterocycles. The van der Waals surface area contributed by atoms with E-state index in [2.05, 4.69) is 41.7 Å². The Morgan fingerprint density at radius 2 is 1.73 bits per heavy atom. The Morgan fingerprint density at radius 3 is 2.45 bits per heavy atom. The number of fused-ring (bicyclic) bond motifs is 1. The number of methoxy groups -OCH3 is 1. The van der Waals surface area contributed by atoms with Gasteiger partial charge < -0.3 is 22.5 Å². The highest BCUT2D eigenvalue weighted by molar-refractivity contribution is 5.87. The van der Waals surface area contributed by atoms with E-state index in [1.807, 2.05) is 0 Å². The zero-order chi connectivity index (χ0) is 14.5. The van der Waals surface area contributed by atoms with Crippen LogP contribution in [0.1, 0.15) is 44.1 Å². The van der Waals surface area contributed by atoms with Crippen LogP contribution < -0.4 is 22.5 Å². The Hall–Kier alpha value is -1.25. The molecule has 3 heteroatoms. The van der Waals surface area contributed by atoms with Crippen LogP contribution in [0.5, 0.6) is 5.75 Å². The fourth-order valence-electron chi connectivity index (χ4n) is 3.42. The molecule has 0 aliphatic heterocycles. The first kappa shape index (κ1) is 17.1. The van der Waals surface area contributed by atoms with Crippen molar-refractivity contribution in [3.8, 4) is 5.75 Å². The maximum atomic E-state index is 5.58. The summed E-state index contributed by atoms with van der Waals surface area (Å²) in [4.78, 5) is 0. The number of hydrogen-bond donors (Lipinski definition) is 1. The summed E-state index contributed by atoms with van der Waals surface area (Å²) in [7, 11) is 1.76. The molecule has 1 fully saturated rings. The van der Waals surface area contributed by atoms with E-state index in [1.54, 1.807) is 7.11 Å². The van der Waals surface area contributed by atoms with Crippen molar-refractivity contribution in [3.05, 3.63) is 42.0 Å². The Labute approximate surface area is 139 Å². The SMILES string of the molecule is COc1ccc2ccccc2c1CNC1CCCCCC1.[Cl-]. The molecule has 1 aliphatic carbocycles. The molecule has 1 N–H and O–H groups in total. The van der Waals surface area contributed by atoms with Gasteiger partial charge in [0.15, 0.2) is 0 Å². The van der Waals surface area contributed by atoms with Crippen LogP contribution in [0, 0.1) is 0 Å². The van der Waals surface area contributed by atoms with Gasteiger partial charge in [0.05, 0.1) is 7.11 Å². The van der Waals surface area contributed by atoms with E-state index in [1.165, 1.54) is 54.9 Å². The second-order valence-electron chi connectivity index (χ2n) is 6.04. The highest BCUT2D eigenvalue weighted by atomic mass is 35.5. The summed E-state index contributed by atoms with van der Waals surface area (Å²) in [5.74, 6) is 0.995. The summed E-state index contributed by atoms with van der Waals surface area (Å²) >= 11 is 0. The number of halogens is 1. The van der Waals surface area contributed by atoms with Crippen LogP contribution in [0.4, 0.5) is 0 Å². The predicted molar refractivity (Wildman–Crippen MR) is 88.8 cm³/mol. The maximum Gasteiger partial charge on any atom is 0.123 e. The van der Waals surface area contributed by atoms with Crippen LogP contribution in [-0.4, -0.2) is 13.2 Å². The van der Waals surface area contributed by atoms with Crippen LogP contribution in [0.25, 0.3) is 10.8 Å². The Bertz CT molecular complexity index is 591. The lowest BCUT2D eigenvalue weighted by atomic mass is 10.0. The summed E-state index contributed by atoms with van der Waals surface area (Å²) in [5, 5.41) is 6.36. The largest absolute Gasteiger partial charge is 1.00 e. The van der Waals surface area contributed by atoms with E-state index in [9.17, 15) is 0 Å². The van der Waals surface area contributed by atoms with Crippen LogP contribution in [-0.2, 0) is 6.54 Å². The molecule has 0 spiro atoms. The van der Waals surface area contributed by atoms with E-state index < -0.39 is 0 Å². The minimum absolute atomic E-state index is 0. The van der Waals surface area contributed by atoms with Crippen LogP contribution >= 0.6 is 0 Å². The fraction of sp³-hybridized carbons (Fsp3) is 0.474. The minimum atomic E-state index is 0. The summed E-state index contributed by atoms with van der Waals surface area (Å²) in [6, 6.07) is 13.5. The third-order valence-corrected chi connectivity index (χ3v) is 4.64.